The maximum atomic E-state index is 6.38. The van der Waals surface area contributed by atoms with Crippen LogP contribution in [0.3, 0.4) is 0 Å². The zero-order chi connectivity index (χ0) is 17.4. The number of pyridine rings is 1. The molecule has 1 spiro atoms. The van der Waals surface area contributed by atoms with E-state index in [1.54, 1.807) is 0 Å². The van der Waals surface area contributed by atoms with Crippen LogP contribution in [0.5, 0.6) is 0 Å². The topological polar surface area (TPSA) is 55.9 Å². The molecule has 0 saturated carbocycles. The van der Waals surface area contributed by atoms with Crippen LogP contribution in [0.4, 0.5) is 0 Å². The van der Waals surface area contributed by atoms with Crippen LogP contribution in [-0.2, 0) is 26.2 Å². The number of rotatable bonds is 3. The lowest BCUT2D eigenvalue weighted by Crippen LogP contribution is -2.53. The summed E-state index contributed by atoms with van der Waals surface area (Å²) in [5, 5.41) is 2.20. The van der Waals surface area contributed by atoms with Crippen molar-refractivity contribution < 1.29 is 14.2 Å². The smallest absolute Gasteiger partial charge is 0.229 e. The third-order valence-corrected chi connectivity index (χ3v) is 6.70. The van der Waals surface area contributed by atoms with Crippen molar-refractivity contribution >= 4 is 11.3 Å². The van der Waals surface area contributed by atoms with Gasteiger partial charge in [-0.3, -0.25) is 4.98 Å². The average Bonchev–Trinajstić information content (AvgIpc) is 3.35. The van der Waals surface area contributed by atoms with Gasteiger partial charge in [0.2, 0.25) is 6.41 Å². The van der Waals surface area contributed by atoms with Gasteiger partial charge in [-0.15, -0.1) is 11.3 Å². The van der Waals surface area contributed by atoms with Gasteiger partial charge in [0.1, 0.15) is 0 Å². The fourth-order valence-corrected chi connectivity index (χ4v) is 5.30. The third kappa shape index (κ3) is 3.09. The normalized spacial score (nSPS) is 23.4. The molecule has 0 bridgehead atoms. The Morgan fingerprint density at radius 3 is 2.65 bits per heavy atom. The molecule has 0 atom stereocenters. The van der Waals surface area contributed by atoms with Crippen molar-refractivity contribution in [3.05, 3.63) is 41.0 Å². The molecule has 0 aliphatic carbocycles. The predicted molar refractivity (Wildman–Crippen MR) is 98.5 cm³/mol. The molecule has 3 aliphatic heterocycles. The van der Waals surface area contributed by atoms with Crippen molar-refractivity contribution in [2.24, 2.45) is 0 Å². The number of hydrazine groups is 1. The van der Waals surface area contributed by atoms with Gasteiger partial charge >= 0.3 is 0 Å². The fraction of sp³-hybridized carbons (Fsp3) is 0.526. The highest BCUT2D eigenvalue weighted by atomic mass is 32.1. The quantitative estimate of drug-likeness (QED) is 0.892. The second kappa shape index (κ2) is 6.99. The van der Waals surface area contributed by atoms with Crippen LogP contribution in [0, 0.1) is 0 Å². The molecule has 7 heteroatoms. The van der Waals surface area contributed by atoms with Crippen LogP contribution < -0.4 is 5.43 Å². The molecule has 2 fully saturated rings. The second-order valence-corrected chi connectivity index (χ2v) is 8.10. The first kappa shape index (κ1) is 16.8. The summed E-state index contributed by atoms with van der Waals surface area (Å²) in [5.74, 6) is 0. The van der Waals surface area contributed by atoms with Gasteiger partial charge in [0.05, 0.1) is 25.4 Å². The SMILES string of the molecule is c1cc(-c2cc3c(s2)CCOC32CCN(NC3OCCO3)CC2)ccn1. The van der Waals surface area contributed by atoms with Crippen LogP contribution >= 0.6 is 11.3 Å². The molecular weight excluding hydrogens is 350 g/mol. The molecule has 6 nitrogen and oxygen atoms in total. The van der Waals surface area contributed by atoms with Crippen LogP contribution in [0.1, 0.15) is 23.3 Å². The van der Waals surface area contributed by atoms with Gasteiger partial charge in [-0.25, -0.2) is 10.4 Å². The summed E-state index contributed by atoms with van der Waals surface area (Å²) < 4.78 is 17.4. The summed E-state index contributed by atoms with van der Waals surface area (Å²) in [7, 11) is 0. The minimum absolute atomic E-state index is 0.148. The van der Waals surface area contributed by atoms with E-state index in [-0.39, 0.29) is 12.0 Å². The van der Waals surface area contributed by atoms with Crippen molar-refractivity contribution in [3.63, 3.8) is 0 Å². The minimum Gasteiger partial charge on any atom is -0.370 e. The maximum absolute atomic E-state index is 6.38. The van der Waals surface area contributed by atoms with Crippen molar-refractivity contribution in [2.75, 3.05) is 32.9 Å². The summed E-state index contributed by atoms with van der Waals surface area (Å²) in [5.41, 5.74) is 5.81. The number of nitrogens with one attached hydrogen (secondary N) is 1. The minimum atomic E-state index is -0.300. The van der Waals surface area contributed by atoms with E-state index < -0.39 is 0 Å². The summed E-state index contributed by atoms with van der Waals surface area (Å²) in [6.07, 6.45) is 6.39. The van der Waals surface area contributed by atoms with E-state index >= 15 is 0 Å². The van der Waals surface area contributed by atoms with Gasteiger partial charge in [-0.05, 0) is 42.2 Å². The lowest BCUT2D eigenvalue weighted by atomic mass is 9.82. The zero-order valence-electron chi connectivity index (χ0n) is 14.6. The van der Waals surface area contributed by atoms with E-state index in [0.29, 0.717) is 13.2 Å². The van der Waals surface area contributed by atoms with Gasteiger partial charge in [0, 0.05) is 41.7 Å². The Labute approximate surface area is 157 Å². The highest BCUT2D eigenvalue weighted by Gasteiger charge is 2.42. The molecule has 1 N–H and O–H groups in total. The molecular formula is C19H23N3O3S. The molecule has 2 saturated heterocycles. The standard InChI is InChI=1S/C19H23N3O3S/c1-6-20-7-2-14(1)17-13-15-16(26-17)3-10-25-19(15)4-8-22(9-5-19)21-18-23-11-12-24-18/h1-2,6-7,13,18,21H,3-5,8-12H2. The number of piperidine rings is 1. The summed E-state index contributed by atoms with van der Waals surface area (Å²) >= 11 is 1.91. The monoisotopic (exact) mass is 373 g/mol. The first-order chi connectivity index (χ1) is 12.8. The van der Waals surface area contributed by atoms with Gasteiger partial charge in [0.15, 0.2) is 0 Å². The highest BCUT2D eigenvalue weighted by molar-refractivity contribution is 7.15. The van der Waals surface area contributed by atoms with Crippen LogP contribution in [-0.4, -0.2) is 49.3 Å². The molecule has 2 aromatic heterocycles. The number of nitrogens with zero attached hydrogens (tertiary/aromatic N) is 2. The number of ether oxygens (including phenoxy) is 3. The highest BCUT2D eigenvalue weighted by Crippen LogP contribution is 2.46. The van der Waals surface area contributed by atoms with Gasteiger partial charge < -0.3 is 14.2 Å². The molecule has 2 aromatic rings. The molecule has 0 radical (unpaired) electrons. The van der Waals surface area contributed by atoms with E-state index in [0.717, 1.165) is 39.0 Å². The number of aromatic nitrogens is 1. The lowest BCUT2D eigenvalue weighted by molar-refractivity contribution is -0.145. The molecule has 138 valence electrons. The van der Waals surface area contributed by atoms with E-state index in [1.165, 1.54) is 20.9 Å². The Morgan fingerprint density at radius 2 is 1.88 bits per heavy atom. The van der Waals surface area contributed by atoms with E-state index in [1.807, 2.05) is 23.7 Å². The van der Waals surface area contributed by atoms with Crippen LogP contribution in [0.2, 0.25) is 0 Å². The second-order valence-electron chi connectivity index (χ2n) is 6.97. The Kier molecular flexibility index (Phi) is 4.52. The lowest BCUT2D eigenvalue weighted by Gasteiger charge is -2.44. The van der Waals surface area contributed by atoms with Crippen LogP contribution in [0.15, 0.2) is 30.6 Å². The van der Waals surface area contributed by atoms with Crippen molar-refractivity contribution in [3.8, 4) is 10.4 Å². The molecule has 0 unspecified atom stereocenters. The molecule has 26 heavy (non-hydrogen) atoms. The molecule has 3 aliphatic rings. The zero-order valence-corrected chi connectivity index (χ0v) is 15.5. The Balaban J connectivity index is 1.34. The Morgan fingerprint density at radius 1 is 1.12 bits per heavy atom. The molecule has 5 rings (SSSR count). The summed E-state index contributed by atoms with van der Waals surface area (Å²) in [4.78, 5) is 6.93. The molecule has 0 aromatic carbocycles. The summed E-state index contributed by atoms with van der Waals surface area (Å²) in [6.45, 7) is 3.97. The Bertz CT molecular complexity index is 753. The van der Waals surface area contributed by atoms with E-state index in [4.69, 9.17) is 14.2 Å². The number of hydrogen-bond donors (Lipinski definition) is 1. The van der Waals surface area contributed by atoms with Crippen molar-refractivity contribution in [1.82, 2.24) is 15.4 Å². The van der Waals surface area contributed by atoms with E-state index in [2.05, 4.69) is 33.6 Å². The first-order valence-corrected chi connectivity index (χ1v) is 10.1. The summed E-state index contributed by atoms with van der Waals surface area (Å²) in [6, 6.07) is 6.51. The first-order valence-electron chi connectivity index (χ1n) is 9.24. The largest absolute Gasteiger partial charge is 0.370 e. The Hall–Kier alpha value is -1.35. The van der Waals surface area contributed by atoms with Crippen LogP contribution in [0.25, 0.3) is 10.4 Å². The molecule has 5 heterocycles. The molecule has 0 amide bonds. The van der Waals surface area contributed by atoms with Gasteiger partial charge in [-0.2, -0.15) is 0 Å². The van der Waals surface area contributed by atoms with Gasteiger partial charge in [-0.1, -0.05) is 0 Å². The number of thiophene rings is 1. The van der Waals surface area contributed by atoms with Crippen molar-refractivity contribution in [1.29, 1.82) is 0 Å². The van der Waals surface area contributed by atoms with Gasteiger partial charge in [0.25, 0.3) is 0 Å². The predicted octanol–water partition coefficient (Wildman–Crippen LogP) is 2.51. The number of fused-ring (bicyclic) bond motifs is 2. The van der Waals surface area contributed by atoms with Crippen molar-refractivity contribution in [2.45, 2.75) is 31.3 Å². The third-order valence-electron chi connectivity index (χ3n) is 5.45. The maximum Gasteiger partial charge on any atom is 0.229 e. The number of hydrogen-bond acceptors (Lipinski definition) is 7. The average molecular weight is 373 g/mol. The van der Waals surface area contributed by atoms with E-state index in [9.17, 15) is 0 Å². The fourth-order valence-electron chi connectivity index (χ4n) is 4.07.